The van der Waals surface area contributed by atoms with Crippen LogP contribution in [0.1, 0.15) is 0 Å². The Morgan fingerprint density at radius 1 is 0.511 bits per heavy atom. The molecule has 0 aromatic rings. The highest BCUT2D eigenvalue weighted by molar-refractivity contribution is 5.00. The molecule has 4 aliphatic rings. The van der Waals surface area contributed by atoms with Crippen LogP contribution in [0, 0.1) is 0 Å². The SMILES string of the molecule is OC[C@H]1O[C@H](O[C@]2(CO[C@]3(CO[C@]4(CO)OC[C@@H](O)[C@@H](O)[C@@H]4O)OC[C@@H](O)[C@@H](O)[C@@H]3O)OC[C@@H](O)[C@@H](O)[C@@H]2O)[C@H](O)[C@@H](O)[C@@H]1O. The maximum absolute atomic E-state index is 11.0. The second-order valence-corrected chi connectivity index (χ2v) is 11.4. The first-order chi connectivity index (χ1) is 21.1. The first-order valence-electron chi connectivity index (χ1n) is 14.0. The summed E-state index contributed by atoms with van der Waals surface area (Å²) in [6.45, 7) is -6.36. The average Bonchev–Trinajstić information content (AvgIpc) is 3.03. The van der Waals surface area contributed by atoms with Crippen molar-refractivity contribution in [1.29, 1.82) is 0 Å². The zero-order valence-corrected chi connectivity index (χ0v) is 23.7. The number of hydrogen-bond donors (Lipinski definition) is 14. The summed E-state index contributed by atoms with van der Waals surface area (Å²) < 4.78 is 38.4. The van der Waals surface area contributed by atoms with E-state index < -0.39 is 149 Å². The van der Waals surface area contributed by atoms with Gasteiger partial charge in [-0.25, -0.2) is 0 Å². The van der Waals surface area contributed by atoms with Crippen LogP contribution in [0.4, 0.5) is 0 Å². The first-order valence-corrected chi connectivity index (χ1v) is 14.0. The van der Waals surface area contributed by atoms with Gasteiger partial charge in [-0.1, -0.05) is 0 Å². The Morgan fingerprint density at radius 2 is 0.933 bits per heavy atom. The van der Waals surface area contributed by atoms with E-state index in [2.05, 4.69) is 0 Å². The summed E-state index contributed by atoms with van der Waals surface area (Å²) >= 11 is 0. The lowest BCUT2D eigenvalue weighted by atomic mass is 9.94. The van der Waals surface area contributed by atoms with Crippen LogP contribution >= 0.6 is 0 Å². The van der Waals surface area contributed by atoms with Gasteiger partial charge in [0, 0.05) is 0 Å². The molecule has 14 N–H and O–H groups in total. The van der Waals surface area contributed by atoms with Crippen molar-refractivity contribution < 1.29 is 105 Å². The van der Waals surface area contributed by atoms with Gasteiger partial charge in [-0.15, -0.1) is 0 Å². The van der Waals surface area contributed by atoms with Crippen LogP contribution in [0.25, 0.3) is 0 Å². The molecule has 4 heterocycles. The monoisotopic (exact) mass is 666 g/mol. The van der Waals surface area contributed by atoms with Crippen molar-refractivity contribution in [3.05, 3.63) is 0 Å². The van der Waals surface area contributed by atoms with Crippen molar-refractivity contribution in [3.8, 4) is 0 Å². The fourth-order valence-electron chi connectivity index (χ4n) is 5.32. The Bertz CT molecular complexity index is 962. The van der Waals surface area contributed by atoms with Crippen molar-refractivity contribution in [2.45, 2.75) is 103 Å². The summed E-state index contributed by atoms with van der Waals surface area (Å²) in [6.07, 6.45) is -26.7. The minimum atomic E-state index is -2.68. The normalized spacial score (nSPS) is 52.9. The number of rotatable bonds is 10. The average molecular weight is 667 g/mol. The van der Waals surface area contributed by atoms with Gasteiger partial charge in [0.15, 0.2) is 6.29 Å². The smallest absolute Gasteiger partial charge is 0.224 e. The van der Waals surface area contributed by atoms with E-state index in [9.17, 15) is 71.5 Å². The largest absolute Gasteiger partial charge is 0.394 e. The second-order valence-electron chi connectivity index (χ2n) is 11.4. The molecule has 21 nitrogen and oxygen atoms in total. The molecule has 0 aromatic heterocycles. The Kier molecular flexibility index (Phi) is 11.8. The highest BCUT2D eigenvalue weighted by Crippen LogP contribution is 2.38. The molecular formula is C24H42O21. The molecule has 17 atom stereocenters. The molecule has 0 saturated carbocycles. The second kappa shape index (κ2) is 14.3. The maximum atomic E-state index is 11.0. The van der Waals surface area contributed by atoms with Gasteiger partial charge >= 0.3 is 0 Å². The fourth-order valence-corrected chi connectivity index (χ4v) is 5.32. The minimum absolute atomic E-state index is 0.631. The highest BCUT2D eigenvalue weighted by Gasteiger charge is 2.60. The van der Waals surface area contributed by atoms with Crippen LogP contribution in [0.15, 0.2) is 0 Å². The van der Waals surface area contributed by atoms with Gasteiger partial charge in [0.2, 0.25) is 17.4 Å². The number of ether oxygens (including phenoxy) is 7. The molecule has 0 spiro atoms. The van der Waals surface area contributed by atoms with E-state index in [1.807, 2.05) is 0 Å². The van der Waals surface area contributed by atoms with Crippen molar-refractivity contribution in [3.63, 3.8) is 0 Å². The Hall–Kier alpha value is -0.840. The Labute approximate surface area is 254 Å². The van der Waals surface area contributed by atoms with Crippen molar-refractivity contribution in [2.75, 3.05) is 46.2 Å². The van der Waals surface area contributed by atoms with Crippen LogP contribution in [0.2, 0.25) is 0 Å². The molecule has 21 heteroatoms. The fraction of sp³-hybridized carbons (Fsp3) is 1.00. The van der Waals surface area contributed by atoms with Crippen molar-refractivity contribution in [1.82, 2.24) is 0 Å². The van der Waals surface area contributed by atoms with Gasteiger partial charge < -0.3 is 105 Å². The zero-order valence-electron chi connectivity index (χ0n) is 23.7. The van der Waals surface area contributed by atoms with Gasteiger partial charge in [0.05, 0.1) is 26.4 Å². The van der Waals surface area contributed by atoms with Gasteiger partial charge in [0.1, 0.15) is 99.2 Å². The molecule has 4 saturated heterocycles. The van der Waals surface area contributed by atoms with E-state index in [-0.39, 0.29) is 0 Å². The molecule has 4 aliphatic heterocycles. The lowest BCUT2D eigenvalue weighted by Gasteiger charge is -2.51. The standard InChI is InChI=1S/C24H42O21/c25-1-11-15(33)16(34)17(35)21(44-11)45-24(20(38)14(32)10(29)4-41-24)7-43-23(19(37)13(31)9(28)3-40-23)6-42-22(5-26)18(36)12(30)8(27)2-39-22/h8-21,25-38H,1-7H2/t8-,9-,10-,11-,12-,13-,14-,15-,16+,17-,18+,19+,20+,21-,22+,23+,24+/m1/s1. The van der Waals surface area contributed by atoms with Crippen LogP contribution in [0.5, 0.6) is 0 Å². The van der Waals surface area contributed by atoms with E-state index in [1.165, 1.54) is 0 Å². The van der Waals surface area contributed by atoms with Gasteiger partial charge in [0.25, 0.3) is 0 Å². The third kappa shape index (κ3) is 6.87. The lowest BCUT2D eigenvalue weighted by molar-refractivity contribution is -0.442. The molecule has 0 radical (unpaired) electrons. The summed E-state index contributed by atoms with van der Waals surface area (Å²) in [5, 5.41) is 144. The van der Waals surface area contributed by atoms with Crippen LogP contribution < -0.4 is 0 Å². The summed E-state index contributed by atoms with van der Waals surface area (Å²) in [6, 6.07) is 0. The summed E-state index contributed by atoms with van der Waals surface area (Å²) in [4.78, 5) is 0. The number of aliphatic hydroxyl groups excluding tert-OH is 14. The third-order valence-electron chi connectivity index (χ3n) is 8.42. The van der Waals surface area contributed by atoms with Crippen LogP contribution in [0.3, 0.4) is 0 Å². The van der Waals surface area contributed by atoms with Gasteiger partial charge in [-0.05, 0) is 0 Å². The summed E-state index contributed by atoms with van der Waals surface area (Å²) in [5.41, 5.74) is 0. The quantitative estimate of drug-likeness (QED) is 0.103. The van der Waals surface area contributed by atoms with E-state index in [1.54, 1.807) is 0 Å². The number of hydrogen-bond acceptors (Lipinski definition) is 21. The molecule has 0 amide bonds. The lowest BCUT2D eigenvalue weighted by Crippen LogP contribution is -2.71. The Morgan fingerprint density at radius 3 is 1.44 bits per heavy atom. The van der Waals surface area contributed by atoms with Gasteiger partial charge in [-0.3, -0.25) is 0 Å². The molecule has 4 fully saturated rings. The summed E-state index contributed by atoms with van der Waals surface area (Å²) in [7, 11) is 0. The van der Waals surface area contributed by atoms with E-state index in [4.69, 9.17) is 33.2 Å². The first kappa shape index (κ1) is 37.0. The minimum Gasteiger partial charge on any atom is -0.394 e. The number of aliphatic hydroxyl groups is 14. The van der Waals surface area contributed by atoms with E-state index in [0.717, 1.165) is 0 Å². The molecule has 0 aromatic carbocycles. The molecule has 0 unspecified atom stereocenters. The zero-order chi connectivity index (χ0) is 33.5. The van der Waals surface area contributed by atoms with Crippen molar-refractivity contribution >= 4 is 0 Å². The van der Waals surface area contributed by atoms with Gasteiger partial charge in [-0.2, -0.15) is 0 Å². The molecule has 4 rings (SSSR count). The molecular weight excluding hydrogens is 624 g/mol. The molecule has 0 aliphatic carbocycles. The predicted molar refractivity (Wildman–Crippen MR) is 134 cm³/mol. The van der Waals surface area contributed by atoms with Crippen LogP contribution in [-0.4, -0.2) is 221 Å². The Balaban J connectivity index is 1.64. The van der Waals surface area contributed by atoms with Crippen molar-refractivity contribution in [2.24, 2.45) is 0 Å². The molecule has 0 bridgehead atoms. The topological polar surface area (TPSA) is 348 Å². The third-order valence-corrected chi connectivity index (χ3v) is 8.42. The maximum Gasteiger partial charge on any atom is 0.224 e. The highest BCUT2D eigenvalue weighted by atomic mass is 16.8. The van der Waals surface area contributed by atoms with E-state index in [0.29, 0.717) is 0 Å². The molecule has 45 heavy (non-hydrogen) atoms. The predicted octanol–water partition coefficient (Wildman–Crippen LogP) is -9.74. The van der Waals surface area contributed by atoms with Crippen LogP contribution in [-0.2, 0) is 33.2 Å². The summed E-state index contributed by atoms with van der Waals surface area (Å²) in [5.74, 6) is -7.76. The molecule has 264 valence electrons. The van der Waals surface area contributed by atoms with E-state index >= 15 is 0 Å².